The van der Waals surface area contributed by atoms with Gasteiger partial charge in [-0.3, -0.25) is 0 Å². The van der Waals surface area contributed by atoms with Gasteiger partial charge in [-0.15, -0.1) is 5.34 Å². The van der Waals surface area contributed by atoms with Gasteiger partial charge in [0.25, 0.3) is 0 Å². The van der Waals surface area contributed by atoms with Crippen LogP contribution < -0.4 is 48.7 Å². The number of anilines is 2. The fourth-order valence-corrected chi connectivity index (χ4v) is 0.511. The maximum Gasteiger partial charge on any atom is 4.00 e. The van der Waals surface area contributed by atoms with Crippen molar-refractivity contribution in [1.29, 1.82) is 0 Å². The van der Waals surface area contributed by atoms with Crippen LogP contribution >= 0.6 is 0 Å². The van der Waals surface area contributed by atoms with Crippen LogP contribution in [0.3, 0.4) is 0 Å². The van der Waals surface area contributed by atoms with E-state index in [1.807, 2.05) is 12.1 Å². The van der Waals surface area contributed by atoms with Gasteiger partial charge in [0.2, 0.25) is 0 Å². The van der Waals surface area contributed by atoms with Crippen LogP contribution in [0.5, 0.6) is 0 Å². The summed E-state index contributed by atoms with van der Waals surface area (Å²) in [4.78, 5) is 8.00. The van der Waals surface area contributed by atoms with E-state index in [-0.39, 0.29) is 58.3 Å². The van der Waals surface area contributed by atoms with Crippen LogP contribution in [0.25, 0.3) is 0 Å². The van der Waals surface area contributed by atoms with E-state index < -0.39 is 0 Å². The Hall–Kier alpha value is -0.222. The summed E-state index contributed by atoms with van der Waals surface area (Å²) in [5, 5.41) is 9.00. The zero-order chi connectivity index (χ0) is 8.69. The van der Waals surface area contributed by atoms with Crippen molar-refractivity contribution >= 4 is 11.4 Å². The average Bonchev–Trinajstić information content (AvgIpc) is 1.97. The molecule has 0 unspecified atom stereocenters. The number of para-hydroxylation sites is 2. The molecular weight excluding hydrogens is 448 g/mol. The Labute approximate surface area is 120 Å². The molecule has 0 bridgehead atoms. The first-order valence-electron chi connectivity index (χ1n) is 2.77. The van der Waals surface area contributed by atoms with E-state index in [0.717, 1.165) is 5.34 Å². The molecule has 0 radical (unpaired) electrons. The summed E-state index contributed by atoms with van der Waals surface area (Å²) in [5.41, 5.74) is 12.1. The molecule has 0 aliphatic carbocycles. The van der Waals surface area contributed by atoms with Crippen molar-refractivity contribution in [3.8, 4) is 0 Å². The maximum absolute atomic E-state index is 8.00. The molecule has 0 saturated heterocycles. The number of hydrogen-bond acceptors (Lipinski definition) is 5. The summed E-state index contributed by atoms with van der Waals surface area (Å²) < 4.78 is 0. The fraction of sp³-hybridized carbons (Fsp3) is 0. The first-order chi connectivity index (χ1) is 5.22. The van der Waals surface area contributed by atoms with Gasteiger partial charge in [-0.1, -0.05) is 12.1 Å². The second-order valence-electron chi connectivity index (χ2n) is 1.70. The molecule has 0 heterocycles. The third-order valence-electron chi connectivity index (χ3n) is 0.996. The first kappa shape index (κ1) is 29.3. The molecule has 9 heteroatoms. The quantitative estimate of drug-likeness (QED) is 0.230. The van der Waals surface area contributed by atoms with Gasteiger partial charge in [0, 0.05) is 0 Å². The Bertz CT molecular complexity index is 222. The van der Waals surface area contributed by atoms with E-state index in [4.69, 9.17) is 21.6 Å². The molecule has 1 rings (SSSR count). The molecule has 4 N–H and O–H groups in total. The van der Waals surface area contributed by atoms with Crippen molar-refractivity contribution in [1.82, 2.24) is 0 Å². The van der Waals surface area contributed by atoms with Gasteiger partial charge in [-0.2, -0.15) is 0 Å². The standard InChI is InChI=1S/C6H8N2.3ClH.HNO2.Pt/c7-5-3-1-2-4-6(5)8;;;;2-1-3;/h1-4H,7-8H2;3*1H;(H,2,3);/q;;;;;+4/p-4. The minimum atomic E-state index is 0. The molecule has 0 aromatic heterocycles. The molecule has 90 valence electrons. The monoisotopic (exact) mass is 454 g/mol. The Kier molecular flexibility index (Phi) is 37.9. The van der Waals surface area contributed by atoms with Gasteiger partial charge < -0.3 is 58.8 Å². The van der Waals surface area contributed by atoms with Crippen LogP contribution in [-0.4, -0.2) is 0 Å². The van der Waals surface area contributed by atoms with Crippen LogP contribution in [-0.2, 0) is 21.1 Å². The van der Waals surface area contributed by atoms with E-state index >= 15 is 0 Å². The Morgan fingerprint density at radius 2 is 1.20 bits per heavy atom. The van der Waals surface area contributed by atoms with Crippen LogP contribution in [0.15, 0.2) is 29.6 Å². The van der Waals surface area contributed by atoms with Crippen molar-refractivity contribution in [2.45, 2.75) is 0 Å². The second-order valence-corrected chi connectivity index (χ2v) is 1.70. The Balaban J connectivity index is -0.0000000437. The molecule has 0 fully saturated rings. The van der Waals surface area contributed by atoms with Gasteiger partial charge in [-0.25, -0.2) is 0 Å². The molecule has 1 aromatic rings. The van der Waals surface area contributed by atoms with E-state index in [9.17, 15) is 0 Å². The molecule has 1 aromatic carbocycles. The SMILES string of the molecule is Nc1ccccc1N.O=N[O-].[Cl-].[Cl-].[Cl-].[Pt+4]. The van der Waals surface area contributed by atoms with Crippen LogP contribution in [0.4, 0.5) is 11.4 Å². The third-order valence-corrected chi connectivity index (χ3v) is 0.996. The van der Waals surface area contributed by atoms with E-state index in [1.165, 1.54) is 0 Å². The van der Waals surface area contributed by atoms with E-state index in [1.54, 1.807) is 12.1 Å². The van der Waals surface area contributed by atoms with Crippen molar-refractivity contribution in [3.63, 3.8) is 0 Å². The zero-order valence-corrected chi connectivity index (χ0v) is 11.7. The number of hydrogen-bond donors (Lipinski definition) is 2. The van der Waals surface area contributed by atoms with Crippen molar-refractivity contribution in [3.05, 3.63) is 34.4 Å². The number of benzene rings is 1. The summed E-state index contributed by atoms with van der Waals surface area (Å²) in [6.07, 6.45) is 0. The van der Waals surface area contributed by atoms with Crippen LogP contribution in [0.1, 0.15) is 0 Å². The number of nitrogen functional groups attached to an aromatic ring is 2. The summed E-state index contributed by atoms with van der Waals surface area (Å²) in [5.74, 6) is 0. The van der Waals surface area contributed by atoms with Gasteiger partial charge in [-0.05, 0) is 12.1 Å². The molecule has 0 atom stereocenters. The molecular formula is C6H8Cl3N3O2Pt. The number of halogens is 3. The van der Waals surface area contributed by atoms with Crippen LogP contribution in [0, 0.1) is 10.1 Å². The number of nitrogens with zero attached hydrogens (tertiary/aromatic N) is 1. The Morgan fingerprint density at radius 1 is 1.00 bits per heavy atom. The van der Waals surface area contributed by atoms with E-state index in [0.29, 0.717) is 11.4 Å². The van der Waals surface area contributed by atoms with Gasteiger partial charge >= 0.3 is 21.1 Å². The normalized spacial score (nSPS) is 5.60. The third kappa shape index (κ3) is 16.5. The van der Waals surface area contributed by atoms with Crippen molar-refractivity contribution < 1.29 is 58.3 Å². The molecule has 0 aliphatic rings. The first-order valence-corrected chi connectivity index (χ1v) is 2.77. The minimum absolute atomic E-state index is 0. The molecule has 5 nitrogen and oxygen atoms in total. The smallest absolute Gasteiger partial charge is 1.00 e. The topological polar surface area (TPSA) is 105 Å². The fourth-order valence-electron chi connectivity index (χ4n) is 0.511. The number of nitrogens with two attached hydrogens (primary N) is 2. The molecule has 0 aliphatic heterocycles. The minimum Gasteiger partial charge on any atom is -1.00 e. The summed E-state index contributed by atoms with van der Waals surface area (Å²) in [7, 11) is 0. The second kappa shape index (κ2) is 19.4. The Morgan fingerprint density at radius 3 is 1.33 bits per heavy atom. The summed E-state index contributed by atoms with van der Waals surface area (Å²) >= 11 is 0. The average molecular weight is 456 g/mol. The molecule has 0 saturated carbocycles. The summed E-state index contributed by atoms with van der Waals surface area (Å²) in [6, 6.07) is 7.25. The van der Waals surface area contributed by atoms with Gasteiger partial charge in [0.1, 0.15) is 0 Å². The van der Waals surface area contributed by atoms with Crippen LogP contribution in [0.2, 0.25) is 0 Å². The predicted octanol–water partition coefficient (Wildman–Crippen LogP) is -7.89. The predicted molar refractivity (Wildman–Crippen MR) is 44.4 cm³/mol. The molecule has 0 spiro atoms. The van der Waals surface area contributed by atoms with E-state index in [2.05, 4.69) is 0 Å². The van der Waals surface area contributed by atoms with Gasteiger partial charge in [0.05, 0.1) is 11.4 Å². The van der Waals surface area contributed by atoms with Crippen molar-refractivity contribution in [2.75, 3.05) is 11.5 Å². The molecule has 15 heavy (non-hydrogen) atoms. The number of rotatable bonds is 0. The van der Waals surface area contributed by atoms with Gasteiger partial charge in [0.15, 0.2) is 0 Å². The largest absolute Gasteiger partial charge is 4.00 e. The zero-order valence-electron chi connectivity index (χ0n) is 7.18. The molecule has 0 amide bonds. The van der Waals surface area contributed by atoms with Crippen molar-refractivity contribution in [2.24, 2.45) is 5.34 Å². The summed E-state index contributed by atoms with van der Waals surface area (Å²) in [6.45, 7) is 0. The maximum atomic E-state index is 8.00.